The van der Waals surface area contributed by atoms with Gasteiger partial charge in [-0.05, 0) is 24.3 Å². The topological polar surface area (TPSA) is 66.4 Å². The lowest BCUT2D eigenvalue weighted by molar-refractivity contribution is 0.161. The maximum atomic E-state index is 12.2. The SMILES string of the molecule is CC#CC(O)[C@@H](NS(=O)(=O)c1cccs1)[C@@H](C)CC. The molecule has 6 heteroatoms. The van der Waals surface area contributed by atoms with Crippen LogP contribution in [0.15, 0.2) is 21.7 Å². The minimum Gasteiger partial charge on any atom is -0.379 e. The fourth-order valence-electron chi connectivity index (χ4n) is 1.64. The van der Waals surface area contributed by atoms with Gasteiger partial charge in [0.2, 0.25) is 10.0 Å². The second kappa shape index (κ2) is 7.06. The van der Waals surface area contributed by atoms with Crippen LogP contribution in [0.3, 0.4) is 0 Å². The molecule has 1 heterocycles. The number of aliphatic hydroxyl groups is 1. The van der Waals surface area contributed by atoms with Crippen LogP contribution in [0.4, 0.5) is 0 Å². The molecule has 4 nitrogen and oxygen atoms in total. The summed E-state index contributed by atoms with van der Waals surface area (Å²) in [5, 5.41) is 11.7. The summed E-state index contributed by atoms with van der Waals surface area (Å²) in [5.74, 6) is 5.22. The number of sulfonamides is 1. The molecule has 0 saturated carbocycles. The van der Waals surface area contributed by atoms with Gasteiger partial charge in [-0.25, -0.2) is 13.1 Å². The minimum absolute atomic E-state index is 0.00872. The normalized spacial score (nSPS) is 16.2. The summed E-state index contributed by atoms with van der Waals surface area (Å²) >= 11 is 1.15. The van der Waals surface area contributed by atoms with E-state index in [0.717, 1.165) is 17.8 Å². The Hall–Kier alpha value is -0.870. The molecule has 1 unspecified atom stereocenters. The van der Waals surface area contributed by atoms with E-state index in [4.69, 9.17) is 0 Å². The van der Waals surface area contributed by atoms with Crippen LogP contribution in [-0.4, -0.2) is 25.7 Å². The molecule has 19 heavy (non-hydrogen) atoms. The Morgan fingerprint density at radius 1 is 1.53 bits per heavy atom. The molecule has 1 aromatic rings. The quantitative estimate of drug-likeness (QED) is 0.788. The molecule has 3 atom stereocenters. The van der Waals surface area contributed by atoms with Crippen molar-refractivity contribution < 1.29 is 13.5 Å². The van der Waals surface area contributed by atoms with E-state index in [-0.39, 0.29) is 10.1 Å². The number of nitrogens with one attached hydrogen (secondary N) is 1. The van der Waals surface area contributed by atoms with Crippen molar-refractivity contribution in [3.05, 3.63) is 17.5 Å². The summed E-state index contributed by atoms with van der Waals surface area (Å²) in [6.45, 7) is 5.45. The van der Waals surface area contributed by atoms with Crippen LogP contribution >= 0.6 is 11.3 Å². The second-order valence-electron chi connectivity index (χ2n) is 4.30. The first-order valence-electron chi connectivity index (χ1n) is 6.08. The van der Waals surface area contributed by atoms with Gasteiger partial charge in [-0.1, -0.05) is 32.3 Å². The van der Waals surface area contributed by atoms with E-state index in [1.54, 1.807) is 24.4 Å². The van der Waals surface area contributed by atoms with Gasteiger partial charge in [0.25, 0.3) is 0 Å². The van der Waals surface area contributed by atoms with Gasteiger partial charge in [0.15, 0.2) is 0 Å². The molecule has 0 radical (unpaired) electrons. The Morgan fingerprint density at radius 2 is 2.21 bits per heavy atom. The molecule has 0 spiro atoms. The highest BCUT2D eigenvalue weighted by Gasteiger charge is 2.29. The predicted molar refractivity (Wildman–Crippen MR) is 77.3 cm³/mol. The molecule has 106 valence electrons. The Morgan fingerprint density at radius 3 is 2.68 bits per heavy atom. The van der Waals surface area contributed by atoms with Crippen molar-refractivity contribution in [1.82, 2.24) is 4.72 Å². The molecule has 0 amide bonds. The maximum absolute atomic E-state index is 12.2. The lowest BCUT2D eigenvalue weighted by atomic mass is 9.95. The minimum atomic E-state index is -3.59. The molecule has 1 rings (SSSR count). The fourth-order valence-corrected chi connectivity index (χ4v) is 4.00. The summed E-state index contributed by atoms with van der Waals surface area (Å²) in [7, 11) is -3.59. The lowest BCUT2D eigenvalue weighted by Crippen LogP contribution is -2.46. The molecule has 0 aliphatic carbocycles. The van der Waals surface area contributed by atoms with Gasteiger partial charge in [-0.15, -0.1) is 17.3 Å². The monoisotopic (exact) mass is 301 g/mol. The molecule has 0 aliphatic rings. The van der Waals surface area contributed by atoms with Gasteiger partial charge < -0.3 is 5.11 Å². The van der Waals surface area contributed by atoms with Crippen molar-refractivity contribution in [3.8, 4) is 11.8 Å². The van der Waals surface area contributed by atoms with Crippen LogP contribution in [0, 0.1) is 17.8 Å². The highest BCUT2D eigenvalue weighted by atomic mass is 32.2. The van der Waals surface area contributed by atoms with Crippen molar-refractivity contribution in [2.75, 3.05) is 0 Å². The maximum Gasteiger partial charge on any atom is 0.250 e. The molecule has 1 aromatic heterocycles. The Kier molecular flexibility index (Phi) is 6.01. The zero-order valence-corrected chi connectivity index (χ0v) is 12.9. The van der Waals surface area contributed by atoms with Crippen molar-refractivity contribution in [3.63, 3.8) is 0 Å². The lowest BCUT2D eigenvalue weighted by Gasteiger charge is -2.25. The van der Waals surface area contributed by atoms with E-state index < -0.39 is 22.2 Å². The third kappa shape index (κ3) is 4.32. The summed E-state index contributed by atoms with van der Waals surface area (Å²) in [6, 6.07) is 2.61. The third-order valence-corrected chi connectivity index (χ3v) is 5.80. The number of aliphatic hydroxyl groups excluding tert-OH is 1. The van der Waals surface area contributed by atoms with Gasteiger partial charge in [0.05, 0.1) is 6.04 Å². The van der Waals surface area contributed by atoms with Crippen molar-refractivity contribution >= 4 is 21.4 Å². The smallest absolute Gasteiger partial charge is 0.250 e. The standard InChI is InChI=1S/C13H19NO3S2/c1-4-7-11(15)13(10(3)5-2)14-19(16,17)12-8-6-9-18-12/h6,8-11,13-15H,5H2,1-3H3/t10-,11?,13-/m0/s1. The van der Waals surface area contributed by atoms with Crippen LogP contribution in [0.25, 0.3) is 0 Å². The number of thiophene rings is 1. The molecule has 0 bridgehead atoms. The summed E-state index contributed by atoms with van der Waals surface area (Å²) < 4.78 is 27.2. The zero-order valence-electron chi connectivity index (χ0n) is 11.3. The molecular weight excluding hydrogens is 282 g/mol. The number of hydrogen-bond acceptors (Lipinski definition) is 4. The van der Waals surface area contributed by atoms with Gasteiger partial charge >= 0.3 is 0 Å². The van der Waals surface area contributed by atoms with Gasteiger partial charge in [-0.2, -0.15) is 0 Å². The average molecular weight is 301 g/mol. The van der Waals surface area contributed by atoms with Crippen molar-refractivity contribution in [2.24, 2.45) is 5.92 Å². The summed E-state index contributed by atoms with van der Waals surface area (Å²) in [6.07, 6.45) is -0.255. The highest BCUT2D eigenvalue weighted by Crippen LogP contribution is 2.19. The summed E-state index contributed by atoms with van der Waals surface area (Å²) in [5.41, 5.74) is 0. The Bertz CT molecular complexity index is 540. The van der Waals surface area contributed by atoms with E-state index in [0.29, 0.717) is 0 Å². The van der Waals surface area contributed by atoms with Crippen LogP contribution in [0.5, 0.6) is 0 Å². The largest absolute Gasteiger partial charge is 0.379 e. The van der Waals surface area contributed by atoms with Crippen LogP contribution < -0.4 is 4.72 Å². The molecule has 2 N–H and O–H groups in total. The summed E-state index contributed by atoms with van der Waals surface area (Å²) in [4.78, 5) is 0. The van der Waals surface area contributed by atoms with Gasteiger partial charge in [0.1, 0.15) is 10.3 Å². The Labute approximate surface area is 118 Å². The van der Waals surface area contributed by atoms with Crippen LogP contribution in [-0.2, 0) is 10.0 Å². The number of rotatable bonds is 6. The highest BCUT2D eigenvalue weighted by molar-refractivity contribution is 7.91. The van der Waals surface area contributed by atoms with E-state index in [9.17, 15) is 13.5 Å². The molecule has 0 fully saturated rings. The van der Waals surface area contributed by atoms with Crippen LogP contribution in [0.2, 0.25) is 0 Å². The molecular formula is C13H19NO3S2. The first-order chi connectivity index (χ1) is 8.92. The first kappa shape index (κ1) is 16.2. The molecule has 0 aromatic carbocycles. The first-order valence-corrected chi connectivity index (χ1v) is 8.44. The Balaban J connectivity index is 2.97. The van der Waals surface area contributed by atoms with Gasteiger partial charge in [0, 0.05) is 0 Å². The van der Waals surface area contributed by atoms with Gasteiger partial charge in [-0.3, -0.25) is 0 Å². The van der Waals surface area contributed by atoms with Crippen LogP contribution in [0.1, 0.15) is 27.2 Å². The van der Waals surface area contributed by atoms with Crippen molar-refractivity contribution in [1.29, 1.82) is 0 Å². The van der Waals surface area contributed by atoms with Crippen molar-refractivity contribution in [2.45, 2.75) is 43.5 Å². The zero-order chi connectivity index (χ0) is 14.5. The third-order valence-electron chi connectivity index (χ3n) is 2.94. The average Bonchev–Trinajstić information content (AvgIpc) is 2.90. The van der Waals surface area contributed by atoms with E-state index in [1.165, 1.54) is 0 Å². The molecule has 0 aliphatic heterocycles. The van der Waals surface area contributed by atoms with E-state index in [1.807, 2.05) is 13.8 Å². The van der Waals surface area contributed by atoms with E-state index in [2.05, 4.69) is 16.6 Å². The fraction of sp³-hybridized carbons (Fsp3) is 0.538. The number of hydrogen-bond donors (Lipinski definition) is 2. The van der Waals surface area contributed by atoms with E-state index >= 15 is 0 Å². The second-order valence-corrected chi connectivity index (χ2v) is 7.19. The predicted octanol–water partition coefficient (Wildman–Crippen LogP) is 1.83. The molecule has 0 saturated heterocycles.